The highest BCUT2D eigenvalue weighted by atomic mass is 19.1. The zero-order valence-corrected chi connectivity index (χ0v) is 11.3. The molecule has 0 aliphatic rings. The molecule has 4 nitrogen and oxygen atoms in total. The van der Waals surface area contributed by atoms with Crippen LogP contribution in [0.4, 0.5) is 16.0 Å². The molecule has 19 heavy (non-hydrogen) atoms. The summed E-state index contributed by atoms with van der Waals surface area (Å²) in [7, 11) is 3.66. The van der Waals surface area contributed by atoms with Gasteiger partial charge in [0.2, 0.25) is 0 Å². The number of aromatic nitrogens is 2. The van der Waals surface area contributed by atoms with E-state index in [2.05, 4.69) is 15.3 Å². The Hall–Kier alpha value is -2.17. The molecule has 1 atom stereocenters. The Bertz CT molecular complexity index is 559. The van der Waals surface area contributed by atoms with Crippen LogP contribution in [0.2, 0.25) is 0 Å². The van der Waals surface area contributed by atoms with E-state index < -0.39 is 0 Å². The molecule has 1 aromatic heterocycles. The van der Waals surface area contributed by atoms with Crippen molar-refractivity contribution in [2.24, 2.45) is 0 Å². The van der Waals surface area contributed by atoms with Crippen molar-refractivity contribution in [2.45, 2.75) is 13.0 Å². The van der Waals surface area contributed by atoms with Crippen molar-refractivity contribution in [1.29, 1.82) is 0 Å². The van der Waals surface area contributed by atoms with E-state index >= 15 is 0 Å². The monoisotopic (exact) mass is 260 g/mol. The minimum Gasteiger partial charge on any atom is -0.372 e. The van der Waals surface area contributed by atoms with E-state index in [-0.39, 0.29) is 11.9 Å². The van der Waals surface area contributed by atoms with Crippen molar-refractivity contribution in [3.63, 3.8) is 0 Å². The summed E-state index contributed by atoms with van der Waals surface area (Å²) in [5.74, 6) is 1.17. The largest absolute Gasteiger partial charge is 0.372 e. The molecule has 1 N–H and O–H groups in total. The van der Waals surface area contributed by atoms with Gasteiger partial charge in [-0.1, -0.05) is 18.2 Å². The molecular weight excluding hydrogens is 243 g/mol. The smallest absolute Gasteiger partial charge is 0.149 e. The van der Waals surface area contributed by atoms with Gasteiger partial charge in [-0.25, -0.2) is 9.37 Å². The van der Waals surface area contributed by atoms with E-state index in [9.17, 15) is 4.39 Å². The summed E-state index contributed by atoms with van der Waals surface area (Å²) in [5.41, 5.74) is 0.640. The van der Waals surface area contributed by atoms with Crippen LogP contribution in [0.3, 0.4) is 0 Å². The van der Waals surface area contributed by atoms with Crippen molar-refractivity contribution < 1.29 is 4.39 Å². The molecule has 0 amide bonds. The molecule has 5 heteroatoms. The summed E-state index contributed by atoms with van der Waals surface area (Å²) >= 11 is 0. The predicted molar refractivity (Wildman–Crippen MR) is 74.8 cm³/mol. The van der Waals surface area contributed by atoms with E-state index in [1.165, 1.54) is 6.07 Å². The van der Waals surface area contributed by atoms with Crippen LogP contribution in [-0.4, -0.2) is 24.1 Å². The molecule has 0 spiro atoms. The Morgan fingerprint density at radius 2 is 2.00 bits per heavy atom. The second kappa shape index (κ2) is 5.65. The molecule has 0 aliphatic carbocycles. The van der Waals surface area contributed by atoms with Crippen LogP contribution in [0, 0.1) is 5.82 Å². The Morgan fingerprint density at radius 3 is 2.68 bits per heavy atom. The summed E-state index contributed by atoms with van der Waals surface area (Å²) < 4.78 is 13.8. The first kappa shape index (κ1) is 13.3. The van der Waals surface area contributed by atoms with E-state index in [1.807, 2.05) is 24.9 Å². The quantitative estimate of drug-likeness (QED) is 0.917. The average molecular weight is 260 g/mol. The Balaban J connectivity index is 2.28. The van der Waals surface area contributed by atoms with E-state index in [0.29, 0.717) is 17.2 Å². The van der Waals surface area contributed by atoms with Gasteiger partial charge in [-0.3, -0.25) is 4.98 Å². The molecule has 1 unspecified atom stereocenters. The van der Waals surface area contributed by atoms with E-state index in [1.54, 1.807) is 31.6 Å². The van der Waals surface area contributed by atoms with Crippen molar-refractivity contribution in [1.82, 2.24) is 9.97 Å². The molecule has 2 rings (SSSR count). The molecule has 0 saturated heterocycles. The van der Waals surface area contributed by atoms with Crippen LogP contribution in [0.1, 0.15) is 18.5 Å². The average Bonchev–Trinajstić information content (AvgIpc) is 2.46. The lowest BCUT2D eigenvalue weighted by atomic mass is 10.1. The number of anilines is 2. The summed E-state index contributed by atoms with van der Waals surface area (Å²) in [4.78, 5) is 10.4. The number of rotatable bonds is 4. The fraction of sp³-hybridized carbons (Fsp3) is 0.286. The maximum Gasteiger partial charge on any atom is 0.149 e. The normalized spacial score (nSPS) is 12.0. The van der Waals surface area contributed by atoms with Crippen LogP contribution < -0.4 is 10.2 Å². The number of hydrogen-bond donors (Lipinski definition) is 1. The van der Waals surface area contributed by atoms with Gasteiger partial charge < -0.3 is 10.2 Å². The summed E-state index contributed by atoms with van der Waals surface area (Å²) in [6.45, 7) is 1.94. The van der Waals surface area contributed by atoms with E-state index in [4.69, 9.17) is 0 Å². The Morgan fingerprint density at radius 1 is 1.26 bits per heavy atom. The van der Waals surface area contributed by atoms with Crippen LogP contribution in [0.5, 0.6) is 0 Å². The molecule has 1 heterocycles. The lowest BCUT2D eigenvalue weighted by molar-refractivity contribution is 0.584. The zero-order chi connectivity index (χ0) is 13.8. The minimum absolute atomic E-state index is 0.123. The number of halogens is 1. The van der Waals surface area contributed by atoms with E-state index in [0.717, 1.165) is 0 Å². The lowest BCUT2D eigenvalue weighted by Gasteiger charge is -2.26. The highest BCUT2D eigenvalue weighted by Crippen LogP contribution is 2.25. The standard InChI is InChI=1S/C14H17FN4/c1-10(11-6-4-5-7-12(11)15)19(3)14-9-17-8-13(16-2)18-14/h4-10H,1-3H3,(H,16,18). The van der Waals surface area contributed by atoms with Gasteiger partial charge in [-0.2, -0.15) is 0 Å². The Kier molecular flexibility index (Phi) is 3.94. The topological polar surface area (TPSA) is 41.1 Å². The summed E-state index contributed by atoms with van der Waals surface area (Å²) in [6, 6.07) is 6.65. The molecule has 0 aliphatic heterocycles. The molecule has 2 aromatic rings. The van der Waals surface area contributed by atoms with Crippen molar-refractivity contribution >= 4 is 11.6 Å². The van der Waals surface area contributed by atoms with Crippen LogP contribution in [0.15, 0.2) is 36.7 Å². The summed E-state index contributed by atoms with van der Waals surface area (Å²) in [5, 5.41) is 2.94. The van der Waals surface area contributed by atoms with Crippen LogP contribution in [0.25, 0.3) is 0 Å². The fourth-order valence-corrected chi connectivity index (χ4v) is 1.87. The predicted octanol–water partition coefficient (Wildman–Crippen LogP) is 2.85. The van der Waals surface area contributed by atoms with Gasteiger partial charge in [-0.05, 0) is 13.0 Å². The fourth-order valence-electron chi connectivity index (χ4n) is 1.87. The molecule has 0 saturated carbocycles. The summed E-state index contributed by atoms with van der Waals surface area (Å²) in [6.07, 6.45) is 3.31. The van der Waals surface area contributed by atoms with Gasteiger partial charge in [0, 0.05) is 19.7 Å². The first-order chi connectivity index (χ1) is 9.13. The van der Waals surface area contributed by atoms with Crippen LogP contribution in [-0.2, 0) is 0 Å². The highest BCUT2D eigenvalue weighted by molar-refractivity contribution is 5.45. The highest BCUT2D eigenvalue weighted by Gasteiger charge is 2.17. The van der Waals surface area contributed by atoms with Gasteiger partial charge in [-0.15, -0.1) is 0 Å². The molecule has 0 radical (unpaired) electrons. The molecule has 1 aromatic carbocycles. The third-order valence-electron chi connectivity index (χ3n) is 3.18. The molecule has 100 valence electrons. The second-order valence-corrected chi connectivity index (χ2v) is 4.32. The molecule has 0 bridgehead atoms. The minimum atomic E-state index is -0.209. The number of benzene rings is 1. The number of nitrogens with zero attached hydrogens (tertiary/aromatic N) is 3. The first-order valence-corrected chi connectivity index (χ1v) is 6.10. The van der Waals surface area contributed by atoms with Crippen molar-refractivity contribution in [3.05, 3.63) is 48.0 Å². The lowest BCUT2D eigenvalue weighted by Crippen LogP contribution is -2.23. The molecule has 0 fully saturated rings. The zero-order valence-electron chi connectivity index (χ0n) is 11.3. The van der Waals surface area contributed by atoms with Crippen molar-refractivity contribution in [2.75, 3.05) is 24.3 Å². The SMILES string of the molecule is CNc1cncc(N(C)C(C)c2ccccc2F)n1. The third-order valence-corrected chi connectivity index (χ3v) is 3.18. The number of nitrogens with one attached hydrogen (secondary N) is 1. The second-order valence-electron chi connectivity index (χ2n) is 4.32. The van der Waals surface area contributed by atoms with Crippen LogP contribution >= 0.6 is 0 Å². The maximum atomic E-state index is 13.8. The van der Waals surface area contributed by atoms with Gasteiger partial charge in [0.25, 0.3) is 0 Å². The Labute approximate surface area is 112 Å². The van der Waals surface area contributed by atoms with Gasteiger partial charge >= 0.3 is 0 Å². The van der Waals surface area contributed by atoms with Gasteiger partial charge in [0.1, 0.15) is 17.5 Å². The van der Waals surface area contributed by atoms with Gasteiger partial charge in [0.15, 0.2) is 0 Å². The number of hydrogen-bond acceptors (Lipinski definition) is 4. The maximum absolute atomic E-state index is 13.8. The van der Waals surface area contributed by atoms with Crippen molar-refractivity contribution in [3.8, 4) is 0 Å². The molecular formula is C14H17FN4. The first-order valence-electron chi connectivity index (χ1n) is 6.10. The third kappa shape index (κ3) is 2.81. The van der Waals surface area contributed by atoms with Gasteiger partial charge in [0.05, 0.1) is 18.4 Å².